The summed E-state index contributed by atoms with van der Waals surface area (Å²) < 4.78 is 22.3. The van der Waals surface area contributed by atoms with E-state index in [-0.39, 0.29) is 12.8 Å². The topological polar surface area (TPSA) is 0 Å². The predicted octanol–water partition coefficient (Wildman–Crippen LogP) is 4.77. The highest BCUT2D eigenvalue weighted by molar-refractivity contribution is 5.62. The first-order valence-corrected chi connectivity index (χ1v) is 5.66. The maximum absolute atomic E-state index is 11.1. The smallest absolute Gasteiger partial charge is 0.207 e. The third-order valence-electron chi connectivity index (χ3n) is 2.51. The molecule has 2 aromatic rings. The van der Waals surface area contributed by atoms with Gasteiger partial charge in [-0.3, -0.25) is 0 Å². The van der Waals surface area contributed by atoms with Crippen LogP contribution in [0, 0.1) is 0 Å². The van der Waals surface area contributed by atoms with E-state index in [1.54, 1.807) is 0 Å². The van der Waals surface area contributed by atoms with Crippen molar-refractivity contribution in [3.63, 3.8) is 0 Å². The van der Waals surface area contributed by atoms with E-state index in [1.807, 2.05) is 12.1 Å². The van der Waals surface area contributed by atoms with Gasteiger partial charge in [-0.15, -0.1) is 0 Å². The Hall–Kier alpha value is -1.70. The Labute approximate surface area is 99.9 Å². The average Bonchev–Trinajstić information content (AvgIpc) is 3.08. The van der Waals surface area contributed by atoms with Gasteiger partial charge in [0.05, 0.1) is 0 Å². The number of hydrogen-bond donors (Lipinski definition) is 0. The molecule has 0 aliphatic heterocycles. The second-order valence-electron chi connectivity index (χ2n) is 4.09. The zero-order chi connectivity index (χ0) is 12.1. The summed E-state index contributed by atoms with van der Waals surface area (Å²) in [6, 6.07) is 20.8. The quantitative estimate of drug-likeness (QED) is 0.664. The monoisotopic (exact) mass is 232 g/mol. The summed E-state index contributed by atoms with van der Waals surface area (Å²) in [6.07, 6.45) is 0.236. The van der Waals surface area contributed by atoms with Crippen molar-refractivity contribution in [3.8, 4) is 11.1 Å². The van der Waals surface area contributed by atoms with E-state index in [0.717, 1.165) is 0 Å². The first-order valence-electron chi connectivity index (χ1n) is 5.66. The Bertz CT molecular complexity index is 405. The minimum absolute atomic E-state index is 0.118. The number of benzene rings is 2. The molecule has 0 heterocycles. The van der Waals surface area contributed by atoms with Crippen molar-refractivity contribution < 1.29 is 8.78 Å². The number of hydrogen-bond acceptors (Lipinski definition) is 0. The summed E-state index contributed by atoms with van der Waals surface area (Å²) in [7, 11) is 0. The lowest BCUT2D eigenvalue weighted by Gasteiger charge is -1.98. The maximum atomic E-state index is 11.1. The lowest BCUT2D eigenvalue weighted by Crippen LogP contribution is -1.79. The van der Waals surface area contributed by atoms with E-state index >= 15 is 0 Å². The van der Waals surface area contributed by atoms with Crippen molar-refractivity contribution in [2.75, 3.05) is 0 Å². The summed E-state index contributed by atoms with van der Waals surface area (Å²) in [4.78, 5) is 0. The van der Waals surface area contributed by atoms with Gasteiger partial charge in [0, 0.05) is 12.8 Å². The van der Waals surface area contributed by atoms with Crippen LogP contribution in [0.5, 0.6) is 0 Å². The molecule has 0 bridgehead atoms. The van der Waals surface area contributed by atoms with Crippen LogP contribution in [0.2, 0.25) is 0 Å². The first-order chi connectivity index (χ1) is 8.17. The van der Waals surface area contributed by atoms with Crippen LogP contribution < -0.4 is 0 Å². The molecule has 0 nitrogen and oxygen atoms in total. The van der Waals surface area contributed by atoms with Gasteiger partial charge in [0.2, 0.25) is 5.92 Å². The van der Waals surface area contributed by atoms with E-state index in [4.69, 9.17) is 0 Å². The number of halogens is 2. The molecule has 1 saturated carbocycles. The molecule has 0 saturated heterocycles. The fourth-order valence-electron chi connectivity index (χ4n) is 1.36. The van der Waals surface area contributed by atoms with Gasteiger partial charge in [-0.1, -0.05) is 60.7 Å². The molecule has 88 valence electrons. The molecule has 0 atom stereocenters. The Morgan fingerprint density at radius 1 is 0.647 bits per heavy atom. The molecular weight excluding hydrogens is 218 g/mol. The second-order valence-corrected chi connectivity index (χ2v) is 4.09. The molecule has 0 amide bonds. The van der Waals surface area contributed by atoms with Gasteiger partial charge in [0.15, 0.2) is 0 Å². The molecule has 0 radical (unpaired) electrons. The number of alkyl halides is 2. The molecule has 3 rings (SSSR count). The fraction of sp³-hybridized carbons (Fsp3) is 0.200. The zero-order valence-electron chi connectivity index (χ0n) is 9.44. The molecule has 0 spiro atoms. The summed E-state index contributed by atoms with van der Waals surface area (Å²) in [5.41, 5.74) is 2.55. The van der Waals surface area contributed by atoms with Crippen LogP contribution in [0.25, 0.3) is 11.1 Å². The van der Waals surface area contributed by atoms with Gasteiger partial charge >= 0.3 is 0 Å². The van der Waals surface area contributed by atoms with E-state index < -0.39 is 5.92 Å². The normalized spacial score (nSPS) is 15.6. The van der Waals surface area contributed by atoms with E-state index in [9.17, 15) is 8.78 Å². The summed E-state index contributed by atoms with van der Waals surface area (Å²) >= 11 is 0. The Kier molecular flexibility index (Phi) is 3.52. The fourth-order valence-corrected chi connectivity index (χ4v) is 1.36. The maximum Gasteiger partial charge on any atom is 0.248 e. The lowest BCUT2D eigenvalue weighted by atomic mass is 10.1. The molecule has 0 unspecified atom stereocenters. The van der Waals surface area contributed by atoms with E-state index in [0.29, 0.717) is 0 Å². The van der Waals surface area contributed by atoms with Crippen LogP contribution in [0.15, 0.2) is 60.7 Å². The summed E-state index contributed by atoms with van der Waals surface area (Å²) in [6.45, 7) is 0. The molecule has 2 aromatic carbocycles. The SMILES string of the molecule is FC1(F)CC1.c1ccc(-c2ccccc2)cc1. The van der Waals surface area contributed by atoms with Gasteiger partial charge in [-0.05, 0) is 11.1 Å². The molecule has 1 fully saturated rings. The second kappa shape index (κ2) is 5.09. The van der Waals surface area contributed by atoms with Gasteiger partial charge in [0.25, 0.3) is 0 Å². The molecule has 0 N–H and O–H groups in total. The summed E-state index contributed by atoms with van der Waals surface area (Å²) in [5.74, 6) is -2.25. The molecular formula is C15H14F2. The van der Waals surface area contributed by atoms with Gasteiger partial charge in [0.1, 0.15) is 0 Å². The van der Waals surface area contributed by atoms with Crippen molar-refractivity contribution in [2.45, 2.75) is 18.8 Å². The highest BCUT2D eigenvalue weighted by atomic mass is 19.3. The molecule has 1 aliphatic carbocycles. The Morgan fingerprint density at radius 3 is 1.18 bits per heavy atom. The zero-order valence-corrected chi connectivity index (χ0v) is 9.44. The van der Waals surface area contributed by atoms with Crippen LogP contribution in [0.1, 0.15) is 12.8 Å². The van der Waals surface area contributed by atoms with E-state index in [2.05, 4.69) is 48.5 Å². The molecule has 2 heteroatoms. The van der Waals surface area contributed by atoms with Crippen molar-refractivity contribution in [1.82, 2.24) is 0 Å². The standard InChI is InChI=1S/C12H10.C3H4F2/c1-3-7-11(8-4-1)12-9-5-2-6-10-12;4-3(5)1-2-3/h1-10H;1-2H2. The Balaban J connectivity index is 0.000000181. The highest BCUT2D eigenvalue weighted by Crippen LogP contribution is 2.40. The van der Waals surface area contributed by atoms with Crippen molar-refractivity contribution >= 4 is 0 Å². The third kappa shape index (κ3) is 3.99. The number of rotatable bonds is 1. The Morgan fingerprint density at radius 2 is 0.941 bits per heavy atom. The van der Waals surface area contributed by atoms with Gasteiger partial charge < -0.3 is 0 Å². The van der Waals surface area contributed by atoms with Crippen molar-refractivity contribution in [3.05, 3.63) is 60.7 Å². The van der Waals surface area contributed by atoms with Gasteiger partial charge in [-0.2, -0.15) is 0 Å². The van der Waals surface area contributed by atoms with Crippen LogP contribution >= 0.6 is 0 Å². The van der Waals surface area contributed by atoms with Crippen molar-refractivity contribution in [2.24, 2.45) is 0 Å². The van der Waals surface area contributed by atoms with Crippen LogP contribution in [-0.2, 0) is 0 Å². The largest absolute Gasteiger partial charge is 0.248 e. The lowest BCUT2D eigenvalue weighted by molar-refractivity contribution is 0.120. The molecule has 0 aromatic heterocycles. The van der Waals surface area contributed by atoms with Crippen LogP contribution in [0.4, 0.5) is 8.78 Å². The summed E-state index contributed by atoms with van der Waals surface area (Å²) in [5, 5.41) is 0. The highest BCUT2D eigenvalue weighted by Gasteiger charge is 2.43. The average molecular weight is 232 g/mol. The minimum atomic E-state index is -2.25. The van der Waals surface area contributed by atoms with Gasteiger partial charge in [-0.25, -0.2) is 8.78 Å². The molecule has 1 aliphatic rings. The van der Waals surface area contributed by atoms with Crippen molar-refractivity contribution in [1.29, 1.82) is 0 Å². The first kappa shape index (κ1) is 11.8. The minimum Gasteiger partial charge on any atom is -0.207 e. The molecule has 17 heavy (non-hydrogen) atoms. The van der Waals surface area contributed by atoms with Crippen LogP contribution in [-0.4, -0.2) is 5.92 Å². The third-order valence-corrected chi connectivity index (χ3v) is 2.51. The van der Waals surface area contributed by atoms with E-state index in [1.165, 1.54) is 11.1 Å². The predicted molar refractivity (Wildman–Crippen MR) is 66.1 cm³/mol. The van der Waals surface area contributed by atoms with Crippen LogP contribution in [0.3, 0.4) is 0 Å².